The third-order valence-corrected chi connectivity index (χ3v) is 11.0. The van der Waals surface area contributed by atoms with Crippen LogP contribution in [-0.4, -0.2) is 52.3 Å². The molecule has 2 atom stereocenters. The Labute approximate surface area is 224 Å². The van der Waals surface area contributed by atoms with Gasteiger partial charge in [-0.1, -0.05) is 18.1 Å². The average molecular weight is 555 g/mol. The van der Waals surface area contributed by atoms with Crippen molar-refractivity contribution in [3.8, 4) is 16.3 Å². The second kappa shape index (κ2) is 9.88. The summed E-state index contributed by atoms with van der Waals surface area (Å²) in [5.41, 5.74) is 5.64. The highest BCUT2D eigenvalue weighted by atomic mass is 32.2. The number of fused-ring (bicyclic) bond motifs is 1. The summed E-state index contributed by atoms with van der Waals surface area (Å²) in [6.07, 6.45) is 7.22. The summed E-state index contributed by atoms with van der Waals surface area (Å²) in [6, 6.07) is 9.62. The number of sulfonamides is 1. The van der Waals surface area contributed by atoms with Crippen LogP contribution in [0.2, 0.25) is 0 Å². The Morgan fingerprint density at radius 3 is 2.76 bits per heavy atom. The van der Waals surface area contributed by atoms with Gasteiger partial charge in [-0.05, 0) is 55.2 Å². The van der Waals surface area contributed by atoms with Crippen molar-refractivity contribution in [2.24, 2.45) is 5.92 Å². The largest absolute Gasteiger partial charge is 0.443 e. The van der Waals surface area contributed by atoms with Gasteiger partial charge in [-0.25, -0.2) is 22.5 Å². The van der Waals surface area contributed by atoms with Crippen molar-refractivity contribution >= 4 is 21.4 Å². The van der Waals surface area contributed by atoms with Crippen LogP contribution in [0.3, 0.4) is 0 Å². The van der Waals surface area contributed by atoms with E-state index in [0.717, 1.165) is 47.5 Å². The molecule has 3 aromatic heterocycles. The van der Waals surface area contributed by atoms with Crippen LogP contribution in [0.25, 0.3) is 16.3 Å². The minimum atomic E-state index is -3.81. The second-order valence-electron chi connectivity index (χ2n) is 9.70. The number of rotatable bonds is 8. The Kier molecular flexibility index (Phi) is 6.55. The third kappa shape index (κ3) is 4.33. The third-order valence-electron chi connectivity index (χ3n) is 7.55. The van der Waals surface area contributed by atoms with E-state index in [1.165, 1.54) is 34.0 Å². The zero-order valence-electron chi connectivity index (χ0n) is 20.7. The maximum absolute atomic E-state index is 13.6. The van der Waals surface area contributed by atoms with Crippen LogP contribution in [-0.2, 0) is 16.4 Å². The molecule has 2 aliphatic rings. The van der Waals surface area contributed by atoms with E-state index in [1.807, 2.05) is 10.9 Å². The number of halogens is 1. The summed E-state index contributed by atoms with van der Waals surface area (Å²) in [7, 11) is -3.81. The number of allylic oxidation sites excluding steroid dienone is 1. The quantitative estimate of drug-likeness (QED) is 0.315. The molecule has 1 aromatic carbocycles. The molecule has 1 N–H and O–H groups in total. The van der Waals surface area contributed by atoms with Gasteiger partial charge in [0.1, 0.15) is 10.0 Å². The van der Waals surface area contributed by atoms with E-state index >= 15 is 0 Å². The highest BCUT2D eigenvalue weighted by Gasteiger charge is 2.39. The van der Waals surface area contributed by atoms with E-state index in [4.69, 9.17) is 4.42 Å². The van der Waals surface area contributed by atoms with Gasteiger partial charge in [0.05, 0.1) is 35.3 Å². The molecule has 0 unspecified atom stereocenters. The van der Waals surface area contributed by atoms with Crippen molar-refractivity contribution < 1.29 is 22.3 Å². The zero-order valence-corrected chi connectivity index (χ0v) is 22.4. The fraction of sp³-hybridized carbons (Fsp3) is 0.333. The van der Waals surface area contributed by atoms with Gasteiger partial charge in [-0.2, -0.15) is 9.40 Å². The van der Waals surface area contributed by atoms with E-state index in [2.05, 4.69) is 17.0 Å². The van der Waals surface area contributed by atoms with E-state index in [-0.39, 0.29) is 35.0 Å². The molecule has 0 saturated heterocycles. The highest BCUT2D eigenvalue weighted by Crippen LogP contribution is 2.47. The van der Waals surface area contributed by atoms with Gasteiger partial charge < -0.3 is 9.52 Å². The van der Waals surface area contributed by atoms with Crippen LogP contribution in [0.4, 0.5) is 4.39 Å². The van der Waals surface area contributed by atoms with Crippen LogP contribution in [0.15, 0.2) is 75.0 Å². The van der Waals surface area contributed by atoms with Crippen LogP contribution >= 0.6 is 11.3 Å². The Balaban J connectivity index is 1.26. The van der Waals surface area contributed by atoms with Gasteiger partial charge in [0.2, 0.25) is 0 Å². The molecule has 0 bridgehead atoms. The zero-order chi connectivity index (χ0) is 26.4. The van der Waals surface area contributed by atoms with Gasteiger partial charge in [0, 0.05) is 31.0 Å². The maximum Gasteiger partial charge on any atom is 0.252 e. The van der Waals surface area contributed by atoms with Crippen molar-refractivity contribution in [2.75, 3.05) is 19.7 Å². The monoisotopic (exact) mass is 554 g/mol. The van der Waals surface area contributed by atoms with Crippen molar-refractivity contribution in [2.45, 2.75) is 36.3 Å². The van der Waals surface area contributed by atoms with Gasteiger partial charge in [0.15, 0.2) is 12.2 Å². The van der Waals surface area contributed by atoms with Gasteiger partial charge >= 0.3 is 0 Å². The van der Waals surface area contributed by atoms with E-state index in [0.29, 0.717) is 17.2 Å². The van der Waals surface area contributed by atoms with Crippen molar-refractivity contribution in [3.63, 3.8) is 0 Å². The Hall–Kier alpha value is -3.12. The number of aliphatic hydroxyl groups excluding tert-OH is 1. The first kappa shape index (κ1) is 25.2. The van der Waals surface area contributed by atoms with Crippen molar-refractivity contribution in [3.05, 3.63) is 83.4 Å². The predicted octanol–water partition coefficient (Wildman–Crippen LogP) is 4.78. The Morgan fingerprint density at radius 1 is 1.21 bits per heavy atom. The summed E-state index contributed by atoms with van der Waals surface area (Å²) < 4.78 is 49.6. The molecule has 8 nitrogen and oxygen atoms in total. The van der Waals surface area contributed by atoms with Crippen LogP contribution < -0.4 is 0 Å². The van der Waals surface area contributed by atoms with Crippen molar-refractivity contribution in [1.82, 2.24) is 19.1 Å². The molecule has 2 aliphatic carbocycles. The van der Waals surface area contributed by atoms with Crippen LogP contribution in [0, 0.1) is 11.7 Å². The highest BCUT2D eigenvalue weighted by molar-refractivity contribution is 7.91. The fourth-order valence-corrected chi connectivity index (χ4v) is 8.69. The minimum absolute atomic E-state index is 0.0269. The summed E-state index contributed by atoms with van der Waals surface area (Å²) in [5, 5.41) is 14.4. The first-order chi connectivity index (χ1) is 18.4. The summed E-state index contributed by atoms with van der Waals surface area (Å²) in [5.74, 6) is 0.376. The molecule has 0 aliphatic heterocycles. The average Bonchev–Trinajstić information content (AvgIpc) is 3.71. The molecule has 0 fully saturated rings. The lowest BCUT2D eigenvalue weighted by Gasteiger charge is -2.30. The number of oxazole rings is 1. The molecular weight excluding hydrogens is 527 g/mol. The number of hydrogen-bond donors (Lipinski definition) is 1. The van der Waals surface area contributed by atoms with Crippen molar-refractivity contribution in [1.29, 1.82) is 0 Å². The molecular formula is C27H27FN4O4S2. The summed E-state index contributed by atoms with van der Waals surface area (Å²) in [4.78, 5) is 4.59. The molecule has 6 rings (SSSR count). The van der Waals surface area contributed by atoms with Gasteiger partial charge in [-0.15, -0.1) is 11.3 Å². The molecule has 0 amide bonds. The molecule has 0 radical (unpaired) electrons. The maximum atomic E-state index is 13.6. The number of aromatic nitrogens is 3. The number of thiophene rings is 1. The van der Waals surface area contributed by atoms with E-state index in [1.54, 1.807) is 30.5 Å². The Bertz CT molecular complexity index is 1590. The topological polar surface area (TPSA) is 101 Å². The molecule has 11 heteroatoms. The fourth-order valence-electron chi connectivity index (χ4n) is 5.80. The van der Waals surface area contributed by atoms with Crippen LogP contribution in [0.5, 0.6) is 0 Å². The standard InChI is InChI=1S/C27H27FN4O4S2/c1-17-22-13-30-32(21-6-4-20(28)5-7-21)23(22)12-18-2-3-19(27(17)18)15-31(10-11-33)38(34,35)26-9-8-25(37-26)24-14-29-16-36-24/h4-9,13-14,16-17,19,33H,2-3,10-12,15H2,1H3/t17-,19+/m0/s1. The first-order valence-electron chi connectivity index (χ1n) is 12.5. The second-order valence-corrected chi connectivity index (χ2v) is 12.9. The summed E-state index contributed by atoms with van der Waals surface area (Å²) >= 11 is 1.13. The number of benzene rings is 1. The SMILES string of the molecule is C[C@@H]1C2=C(CC[C@@H]2CN(CCO)S(=O)(=O)c2ccc(-c3cnco3)s2)Cc2c1cnn2-c1ccc(F)cc1. The lowest BCUT2D eigenvalue weighted by Crippen LogP contribution is -2.37. The molecule has 38 heavy (non-hydrogen) atoms. The number of aliphatic hydroxyl groups is 1. The van der Waals surface area contributed by atoms with E-state index in [9.17, 15) is 17.9 Å². The predicted molar refractivity (Wildman–Crippen MR) is 141 cm³/mol. The first-order valence-corrected chi connectivity index (χ1v) is 14.8. The molecule has 4 aromatic rings. The normalized spacial score (nSPS) is 19.3. The molecule has 3 heterocycles. The lowest BCUT2D eigenvalue weighted by molar-refractivity contribution is 0.243. The summed E-state index contributed by atoms with van der Waals surface area (Å²) in [6.45, 7) is 2.22. The minimum Gasteiger partial charge on any atom is -0.443 e. The molecule has 0 spiro atoms. The number of hydrogen-bond acceptors (Lipinski definition) is 7. The lowest BCUT2D eigenvalue weighted by atomic mass is 9.80. The van der Waals surface area contributed by atoms with E-state index < -0.39 is 10.0 Å². The van der Waals surface area contributed by atoms with Crippen LogP contribution in [0.1, 0.15) is 36.9 Å². The number of nitrogens with zero attached hydrogens (tertiary/aromatic N) is 4. The Morgan fingerprint density at radius 2 is 2.03 bits per heavy atom. The molecule has 0 saturated carbocycles. The molecule has 198 valence electrons. The van der Waals surface area contributed by atoms with Gasteiger partial charge in [0.25, 0.3) is 10.0 Å². The van der Waals surface area contributed by atoms with Gasteiger partial charge in [-0.3, -0.25) is 0 Å². The smallest absolute Gasteiger partial charge is 0.252 e.